The van der Waals surface area contributed by atoms with Gasteiger partial charge in [-0.2, -0.15) is 0 Å². The molecular weight excluding hydrogens is 240 g/mol. The molecule has 0 fully saturated rings. The summed E-state index contributed by atoms with van der Waals surface area (Å²) in [4.78, 5) is 11.1. The van der Waals surface area contributed by atoms with Gasteiger partial charge >= 0.3 is 5.97 Å². The van der Waals surface area contributed by atoms with Crippen LogP contribution in [0.4, 0.5) is 0 Å². The lowest BCUT2D eigenvalue weighted by Gasteiger charge is -2.05. The van der Waals surface area contributed by atoms with Crippen molar-refractivity contribution < 1.29 is 14.3 Å². The normalized spacial score (nSPS) is 10.4. The van der Waals surface area contributed by atoms with Gasteiger partial charge in [0.05, 0.1) is 6.61 Å². The molecule has 0 saturated heterocycles. The number of hydrogen-bond donors (Lipinski definition) is 0. The second-order valence-corrected chi connectivity index (χ2v) is 5.00. The molecule has 0 rings (SSSR count). The van der Waals surface area contributed by atoms with Gasteiger partial charge in [-0.1, -0.05) is 45.6 Å². The number of carbonyl (C=O) groups excluding carboxylic acids is 1. The van der Waals surface area contributed by atoms with E-state index in [2.05, 4.69) is 13.5 Å². The monoisotopic (exact) mass is 270 g/mol. The van der Waals surface area contributed by atoms with Gasteiger partial charge < -0.3 is 9.47 Å². The molecule has 0 atom stereocenters. The van der Waals surface area contributed by atoms with Gasteiger partial charge in [0.25, 0.3) is 0 Å². The van der Waals surface area contributed by atoms with Crippen molar-refractivity contribution in [3.05, 3.63) is 12.2 Å². The molecule has 0 aromatic rings. The first kappa shape index (κ1) is 18.2. The van der Waals surface area contributed by atoms with Crippen LogP contribution in [0.15, 0.2) is 12.2 Å². The SMILES string of the molecule is C=C(C)C(=O)OCCCCOCCCCCCCC. The maximum absolute atomic E-state index is 11.1. The van der Waals surface area contributed by atoms with E-state index in [1.807, 2.05) is 0 Å². The van der Waals surface area contributed by atoms with E-state index in [9.17, 15) is 4.79 Å². The molecule has 0 bridgehead atoms. The molecule has 19 heavy (non-hydrogen) atoms. The van der Waals surface area contributed by atoms with E-state index in [1.54, 1.807) is 6.92 Å². The molecule has 0 saturated carbocycles. The molecule has 0 radical (unpaired) electrons. The van der Waals surface area contributed by atoms with E-state index < -0.39 is 0 Å². The van der Waals surface area contributed by atoms with Crippen molar-refractivity contribution in [3.63, 3.8) is 0 Å². The van der Waals surface area contributed by atoms with Gasteiger partial charge in [0.2, 0.25) is 0 Å². The third-order valence-corrected chi connectivity index (χ3v) is 2.91. The van der Waals surface area contributed by atoms with E-state index in [4.69, 9.17) is 9.47 Å². The largest absolute Gasteiger partial charge is 0.462 e. The Hall–Kier alpha value is -0.830. The Morgan fingerprint density at radius 1 is 0.895 bits per heavy atom. The Kier molecular flexibility index (Phi) is 13.0. The summed E-state index contributed by atoms with van der Waals surface area (Å²) in [6, 6.07) is 0. The summed E-state index contributed by atoms with van der Waals surface area (Å²) in [5.74, 6) is -0.298. The molecule has 3 heteroatoms. The van der Waals surface area contributed by atoms with Gasteiger partial charge in [0.1, 0.15) is 0 Å². The minimum absolute atomic E-state index is 0.298. The maximum atomic E-state index is 11.1. The summed E-state index contributed by atoms with van der Waals surface area (Å²) in [6.07, 6.45) is 9.56. The van der Waals surface area contributed by atoms with Crippen LogP contribution in [0, 0.1) is 0 Å². The summed E-state index contributed by atoms with van der Waals surface area (Å²) >= 11 is 0. The van der Waals surface area contributed by atoms with E-state index in [-0.39, 0.29) is 5.97 Å². The first-order valence-corrected chi connectivity index (χ1v) is 7.58. The fraction of sp³-hybridized carbons (Fsp3) is 0.812. The maximum Gasteiger partial charge on any atom is 0.333 e. The number of ether oxygens (including phenoxy) is 2. The fourth-order valence-electron chi connectivity index (χ4n) is 1.68. The predicted octanol–water partition coefficient (Wildman–Crippen LogP) is 4.26. The quantitative estimate of drug-likeness (QED) is 0.285. The average Bonchev–Trinajstić information content (AvgIpc) is 2.39. The van der Waals surface area contributed by atoms with Crippen molar-refractivity contribution in [1.29, 1.82) is 0 Å². The van der Waals surface area contributed by atoms with Gasteiger partial charge in [-0.3, -0.25) is 0 Å². The molecule has 0 heterocycles. The van der Waals surface area contributed by atoms with Crippen LogP contribution in [0.3, 0.4) is 0 Å². The number of rotatable bonds is 13. The van der Waals surface area contributed by atoms with Crippen LogP contribution in [0.1, 0.15) is 65.2 Å². The zero-order chi connectivity index (χ0) is 14.3. The van der Waals surface area contributed by atoms with Crippen LogP contribution in [0.25, 0.3) is 0 Å². The summed E-state index contributed by atoms with van der Waals surface area (Å²) in [5, 5.41) is 0. The second-order valence-electron chi connectivity index (χ2n) is 5.00. The van der Waals surface area contributed by atoms with Crippen LogP contribution in [-0.4, -0.2) is 25.8 Å². The fourth-order valence-corrected chi connectivity index (χ4v) is 1.68. The Labute approximate surface area is 118 Å². The first-order valence-electron chi connectivity index (χ1n) is 7.58. The van der Waals surface area contributed by atoms with Crippen LogP contribution < -0.4 is 0 Å². The van der Waals surface area contributed by atoms with Crippen molar-refractivity contribution in [3.8, 4) is 0 Å². The summed E-state index contributed by atoms with van der Waals surface area (Å²) < 4.78 is 10.5. The molecule has 3 nitrogen and oxygen atoms in total. The minimum Gasteiger partial charge on any atom is -0.462 e. The van der Waals surface area contributed by atoms with Crippen molar-refractivity contribution in [2.45, 2.75) is 65.2 Å². The van der Waals surface area contributed by atoms with Crippen molar-refractivity contribution in [2.75, 3.05) is 19.8 Å². The topological polar surface area (TPSA) is 35.5 Å². The molecule has 0 aromatic heterocycles. The molecule has 0 unspecified atom stereocenters. The van der Waals surface area contributed by atoms with E-state index >= 15 is 0 Å². The molecule has 0 spiro atoms. The van der Waals surface area contributed by atoms with Crippen LogP contribution in [-0.2, 0) is 14.3 Å². The van der Waals surface area contributed by atoms with E-state index in [0.717, 1.165) is 32.5 Å². The molecule has 0 aliphatic carbocycles. The van der Waals surface area contributed by atoms with Crippen molar-refractivity contribution in [2.24, 2.45) is 0 Å². The third-order valence-electron chi connectivity index (χ3n) is 2.91. The van der Waals surface area contributed by atoms with Gasteiger partial charge in [0, 0.05) is 18.8 Å². The van der Waals surface area contributed by atoms with Crippen molar-refractivity contribution >= 4 is 5.97 Å². The minimum atomic E-state index is -0.298. The van der Waals surface area contributed by atoms with E-state index in [1.165, 1.54) is 32.1 Å². The number of carbonyl (C=O) groups is 1. The summed E-state index contributed by atoms with van der Waals surface area (Å²) in [6.45, 7) is 9.51. The Morgan fingerprint density at radius 2 is 1.42 bits per heavy atom. The highest BCUT2D eigenvalue weighted by molar-refractivity contribution is 5.86. The molecule has 0 aromatic carbocycles. The Balaban J connectivity index is 3.07. The van der Waals surface area contributed by atoms with Crippen LogP contribution in [0.2, 0.25) is 0 Å². The smallest absolute Gasteiger partial charge is 0.333 e. The predicted molar refractivity (Wildman–Crippen MR) is 79.2 cm³/mol. The Bertz CT molecular complexity index is 236. The molecule has 0 aliphatic rings. The highest BCUT2D eigenvalue weighted by Gasteiger charge is 2.01. The summed E-state index contributed by atoms with van der Waals surface area (Å²) in [7, 11) is 0. The van der Waals surface area contributed by atoms with Gasteiger partial charge in [-0.15, -0.1) is 0 Å². The Morgan fingerprint density at radius 3 is 2.05 bits per heavy atom. The lowest BCUT2D eigenvalue weighted by atomic mass is 10.1. The van der Waals surface area contributed by atoms with Crippen LogP contribution >= 0.6 is 0 Å². The third kappa shape index (κ3) is 13.4. The number of hydrogen-bond acceptors (Lipinski definition) is 3. The highest BCUT2D eigenvalue weighted by atomic mass is 16.5. The van der Waals surface area contributed by atoms with E-state index in [0.29, 0.717) is 12.2 Å². The van der Waals surface area contributed by atoms with Gasteiger partial charge in [-0.05, 0) is 26.2 Å². The highest BCUT2D eigenvalue weighted by Crippen LogP contribution is 2.05. The zero-order valence-electron chi connectivity index (χ0n) is 12.7. The lowest BCUT2D eigenvalue weighted by Crippen LogP contribution is -2.07. The standard InChI is InChI=1S/C16H30O3/c1-4-5-6-7-8-9-12-18-13-10-11-14-19-16(17)15(2)3/h2,4-14H2,1,3H3. The lowest BCUT2D eigenvalue weighted by molar-refractivity contribution is -0.139. The van der Waals surface area contributed by atoms with Gasteiger partial charge in [0.15, 0.2) is 0 Å². The second kappa shape index (κ2) is 13.6. The number of unbranched alkanes of at least 4 members (excludes halogenated alkanes) is 6. The molecular formula is C16H30O3. The average molecular weight is 270 g/mol. The molecule has 0 aliphatic heterocycles. The molecule has 0 amide bonds. The number of esters is 1. The molecule has 0 N–H and O–H groups in total. The summed E-state index contributed by atoms with van der Waals surface area (Å²) in [5.41, 5.74) is 0.458. The molecule has 112 valence electrons. The van der Waals surface area contributed by atoms with Crippen molar-refractivity contribution in [1.82, 2.24) is 0 Å². The van der Waals surface area contributed by atoms with Crippen LogP contribution in [0.5, 0.6) is 0 Å². The first-order chi connectivity index (χ1) is 9.18. The zero-order valence-corrected chi connectivity index (χ0v) is 12.7. The van der Waals surface area contributed by atoms with Gasteiger partial charge in [-0.25, -0.2) is 4.79 Å².